The molecule has 7 atom stereocenters. The van der Waals surface area contributed by atoms with Gasteiger partial charge in [-0.1, -0.05) is 0 Å². The van der Waals surface area contributed by atoms with Crippen LogP contribution in [-0.2, 0) is 57.1 Å². The van der Waals surface area contributed by atoms with Crippen molar-refractivity contribution in [2.24, 2.45) is 0 Å². The highest BCUT2D eigenvalue weighted by Crippen LogP contribution is 2.31. The smallest absolute Gasteiger partial charge is 0.408 e. The number of carbonyl (C=O) groups excluding carboxylic acids is 5. The SMILES string of the molecule is CC(=O)OC[C@H]1O[C@@H](O[C@H](C)[C@H](NC(=O)OC(C)(C)C)C(=O)O)[C@H](OC(C)=O)[C@@H](OC(C)=O)[C@@H]1OC(C)=O. The highest BCUT2D eigenvalue weighted by atomic mass is 16.7. The maximum atomic E-state index is 12.2. The zero-order chi connectivity index (χ0) is 29.4. The molecule has 1 heterocycles. The molecule has 2 N–H and O–H groups in total. The van der Waals surface area contributed by atoms with E-state index in [1.54, 1.807) is 20.8 Å². The summed E-state index contributed by atoms with van der Waals surface area (Å²) < 4.78 is 37.4. The van der Waals surface area contributed by atoms with Crippen LogP contribution in [0.1, 0.15) is 55.4 Å². The molecule has 1 rings (SSSR count). The Morgan fingerprint density at radius 1 is 0.842 bits per heavy atom. The minimum atomic E-state index is -1.67. The van der Waals surface area contributed by atoms with Crippen LogP contribution in [0.3, 0.4) is 0 Å². The molecule has 0 aromatic heterocycles. The molecule has 0 radical (unpaired) electrons. The van der Waals surface area contributed by atoms with Gasteiger partial charge in [-0.25, -0.2) is 9.59 Å². The van der Waals surface area contributed by atoms with Crippen molar-refractivity contribution in [2.75, 3.05) is 6.61 Å². The minimum Gasteiger partial charge on any atom is -0.480 e. The van der Waals surface area contributed by atoms with E-state index in [0.29, 0.717) is 0 Å². The number of alkyl carbamates (subject to hydrolysis) is 1. The third-order valence-electron chi connectivity index (χ3n) is 4.70. The number of hydrogen-bond acceptors (Lipinski definition) is 13. The summed E-state index contributed by atoms with van der Waals surface area (Å²) in [6.07, 6.45) is -9.79. The molecule has 1 fully saturated rings. The van der Waals surface area contributed by atoms with Crippen LogP contribution in [0.4, 0.5) is 4.79 Å². The molecule has 1 amide bonds. The van der Waals surface area contributed by atoms with Crippen LogP contribution in [-0.4, -0.2) is 96.1 Å². The number of carbonyl (C=O) groups is 6. The Labute approximate surface area is 219 Å². The van der Waals surface area contributed by atoms with Crippen molar-refractivity contribution in [1.29, 1.82) is 0 Å². The standard InChI is InChI=1S/C23H35NO14/c1-10(16(20(29)30)24-22(31)38-23(6,7)8)33-21-19(36-14(5)28)18(35-13(4)27)17(34-12(3)26)15(37-21)9-32-11(2)25/h10,15-19,21H,9H2,1-8H3,(H,24,31)(H,29,30)/t10-,15-,16+,17-,18+,19-,21-/m1/s1. The van der Waals surface area contributed by atoms with Gasteiger partial charge in [0.2, 0.25) is 0 Å². The molecule has 1 saturated heterocycles. The first kappa shape index (κ1) is 32.6. The number of nitrogens with one attached hydrogen (secondary N) is 1. The maximum Gasteiger partial charge on any atom is 0.408 e. The summed E-state index contributed by atoms with van der Waals surface area (Å²) in [7, 11) is 0. The monoisotopic (exact) mass is 549 g/mol. The molecule has 0 aromatic carbocycles. The largest absolute Gasteiger partial charge is 0.480 e. The highest BCUT2D eigenvalue weighted by Gasteiger charge is 2.53. The first-order chi connectivity index (χ1) is 17.4. The normalized spacial score (nSPS) is 24.7. The lowest BCUT2D eigenvalue weighted by molar-refractivity contribution is -0.316. The van der Waals surface area contributed by atoms with E-state index in [9.17, 15) is 33.9 Å². The summed E-state index contributed by atoms with van der Waals surface area (Å²) in [5.74, 6) is -4.73. The van der Waals surface area contributed by atoms with Crippen LogP contribution in [0, 0.1) is 0 Å². The first-order valence-corrected chi connectivity index (χ1v) is 11.6. The Bertz CT molecular complexity index is 897. The van der Waals surface area contributed by atoms with E-state index in [-0.39, 0.29) is 0 Å². The third-order valence-corrected chi connectivity index (χ3v) is 4.70. The number of amides is 1. The number of hydrogen-bond donors (Lipinski definition) is 2. The summed E-state index contributed by atoms with van der Waals surface area (Å²) in [5, 5.41) is 11.9. The molecule has 38 heavy (non-hydrogen) atoms. The molecular weight excluding hydrogens is 514 g/mol. The summed E-state index contributed by atoms with van der Waals surface area (Å²) >= 11 is 0. The van der Waals surface area contributed by atoms with Gasteiger partial charge < -0.3 is 43.6 Å². The third kappa shape index (κ3) is 10.9. The number of carboxylic acids is 1. The molecule has 216 valence electrons. The van der Waals surface area contributed by atoms with Crippen LogP contribution in [0.5, 0.6) is 0 Å². The van der Waals surface area contributed by atoms with Gasteiger partial charge in [0.1, 0.15) is 18.3 Å². The fourth-order valence-electron chi connectivity index (χ4n) is 3.40. The van der Waals surface area contributed by atoms with E-state index in [1.165, 1.54) is 6.92 Å². The number of ether oxygens (including phenoxy) is 7. The average molecular weight is 550 g/mol. The second-order valence-electron chi connectivity index (χ2n) is 9.37. The van der Waals surface area contributed by atoms with Crippen molar-refractivity contribution < 1.29 is 67.0 Å². The fourth-order valence-corrected chi connectivity index (χ4v) is 3.40. The molecule has 0 spiro atoms. The molecule has 15 heteroatoms. The van der Waals surface area contributed by atoms with Gasteiger partial charge in [-0.3, -0.25) is 19.2 Å². The summed E-state index contributed by atoms with van der Waals surface area (Å²) in [4.78, 5) is 71.1. The summed E-state index contributed by atoms with van der Waals surface area (Å²) in [6, 6.07) is -1.67. The molecule has 0 aromatic rings. The van der Waals surface area contributed by atoms with E-state index in [1.807, 2.05) is 0 Å². The van der Waals surface area contributed by atoms with Crippen LogP contribution in [0.15, 0.2) is 0 Å². The predicted octanol–water partition coefficient (Wildman–Crippen LogP) is 0.453. The van der Waals surface area contributed by atoms with Crippen LogP contribution in [0.2, 0.25) is 0 Å². The minimum absolute atomic E-state index is 0.495. The second-order valence-corrected chi connectivity index (χ2v) is 9.37. The second kappa shape index (κ2) is 13.9. The fraction of sp³-hybridized carbons (Fsp3) is 0.739. The van der Waals surface area contributed by atoms with E-state index < -0.39 is 91.0 Å². The van der Waals surface area contributed by atoms with Crippen molar-refractivity contribution >= 4 is 35.9 Å². The summed E-state index contributed by atoms with van der Waals surface area (Å²) in [5.41, 5.74) is -0.920. The molecule has 0 aliphatic carbocycles. The van der Waals surface area contributed by atoms with E-state index in [0.717, 1.165) is 27.7 Å². The molecule has 1 aliphatic rings. The molecule has 0 saturated carbocycles. The molecular formula is C23H35NO14. The van der Waals surface area contributed by atoms with Crippen molar-refractivity contribution in [1.82, 2.24) is 5.32 Å². The topological polar surface area (TPSA) is 199 Å². The van der Waals surface area contributed by atoms with Gasteiger partial charge in [-0.2, -0.15) is 0 Å². The first-order valence-electron chi connectivity index (χ1n) is 11.6. The van der Waals surface area contributed by atoms with Gasteiger partial charge in [0, 0.05) is 27.7 Å². The Morgan fingerprint density at radius 3 is 1.79 bits per heavy atom. The predicted molar refractivity (Wildman–Crippen MR) is 123 cm³/mol. The lowest BCUT2D eigenvalue weighted by Crippen LogP contribution is -2.64. The van der Waals surface area contributed by atoms with Crippen molar-refractivity contribution in [3.63, 3.8) is 0 Å². The Kier molecular flexibility index (Phi) is 11.9. The zero-order valence-corrected chi connectivity index (χ0v) is 22.5. The molecule has 0 unspecified atom stereocenters. The molecule has 0 bridgehead atoms. The molecule has 15 nitrogen and oxygen atoms in total. The van der Waals surface area contributed by atoms with E-state index in [2.05, 4.69) is 5.32 Å². The van der Waals surface area contributed by atoms with Crippen molar-refractivity contribution in [3.05, 3.63) is 0 Å². The van der Waals surface area contributed by atoms with Gasteiger partial charge in [0.25, 0.3) is 0 Å². The molecule has 1 aliphatic heterocycles. The zero-order valence-electron chi connectivity index (χ0n) is 22.5. The lowest BCUT2D eigenvalue weighted by atomic mass is 9.98. The Hall–Kier alpha value is -3.46. The van der Waals surface area contributed by atoms with Crippen LogP contribution < -0.4 is 5.32 Å². The maximum absolute atomic E-state index is 12.2. The Balaban J connectivity index is 3.38. The summed E-state index contributed by atoms with van der Waals surface area (Å²) in [6.45, 7) is 9.81. The van der Waals surface area contributed by atoms with Gasteiger partial charge in [0.05, 0.1) is 6.10 Å². The van der Waals surface area contributed by atoms with E-state index >= 15 is 0 Å². The number of rotatable bonds is 10. The van der Waals surface area contributed by atoms with Gasteiger partial charge in [-0.05, 0) is 27.7 Å². The number of carboxylic acid groups (broad SMARTS) is 1. The lowest BCUT2D eigenvalue weighted by Gasteiger charge is -2.44. The van der Waals surface area contributed by atoms with Gasteiger partial charge >= 0.3 is 35.9 Å². The van der Waals surface area contributed by atoms with Crippen LogP contribution in [0.25, 0.3) is 0 Å². The quantitative estimate of drug-likeness (QED) is 0.281. The van der Waals surface area contributed by atoms with Crippen molar-refractivity contribution in [3.8, 4) is 0 Å². The Morgan fingerprint density at radius 2 is 1.34 bits per heavy atom. The van der Waals surface area contributed by atoms with Crippen molar-refractivity contribution in [2.45, 2.75) is 104 Å². The van der Waals surface area contributed by atoms with E-state index in [4.69, 9.17) is 33.2 Å². The highest BCUT2D eigenvalue weighted by molar-refractivity contribution is 5.80. The van der Waals surface area contributed by atoms with Crippen LogP contribution >= 0.6 is 0 Å². The van der Waals surface area contributed by atoms with Gasteiger partial charge in [-0.15, -0.1) is 0 Å². The number of aliphatic carboxylic acids is 1. The number of esters is 4. The van der Waals surface area contributed by atoms with Gasteiger partial charge in [0.15, 0.2) is 30.6 Å². The average Bonchev–Trinajstić information content (AvgIpc) is 2.72.